The number of methoxy groups -OCH3 is 1. The summed E-state index contributed by atoms with van der Waals surface area (Å²) in [6.45, 7) is 4.43. The van der Waals surface area contributed by atoms with Crippen molar-refractivity contribution in [3.05, 3.63) is 65.0 Å². The molecule has 1 saturated heterocycles. The zero-order chi connectivity index (χ0) is 25.5. The van der Waals surface area contributed by atoms with Crippen molar-refractivity contribution in [3.63, 3.8) is 0 Å². The van der Waals surface area contributed by atoms with E-state index in [0.717, 1.165) is 43.0 Å². The number of hydrogen-bond acceptors (Lipinski definition) is 6. The lowest BCUT2D eigenvalue weighted by atomic mass is 9.98. The second-order valence-corrected chi connectivity index (χ2v) is 8.48. The fourth-order valence-electron chi connectivity index (χ4n) is 4.33. The zero-order valence-corrected chi connectivity index (χ0v) is 21.0. The first-order chi connectivity index (χ1) is 16.8. The quantitative estimate of drug-likeness (QED) is 0.420. The summed E-state index contributed by atoms with van der Waals surface area (Å²) >= 11 is 0. The van der Waals surface area contributed by atoms with Gasteiger partial charge < -0.3 is 19.1 Å². The molecule has 0 amide bonds. The molecule has 3 rings (SSSR count). The number of benzene rings is 1. The Bertz CT molecular complexity index is 1050. The van der Waals surface area contributed by atoms with E-state index in [-0.39, 0.29) is 23.1 Å². The lowest BCUT2D eigenvalue weighted by Gasteiger charge is -2.36. The second-order valence-electron chi connectivity index (χ2n) is 8.48. The molecule has 1 fully saturated rings. The van der Waals surface area contributed by atoms with Crippen LogP contribution in [-0.4, -0.2) is 62.2 Å². The molecule has 6 nitrogen and oxygen atoms in total. The third-order valence-electron chi connectivity index (χ3n) is 6.11. The number of hydrogen-bond donors (Lipinski definition) is 0. The van der Waals surface area contributed by atoms with Crippen molar-refractivity contribution < 1.29 is 27.8 Å². The van der Waals surface area contributed by atoms with Crippen molar-refractivity contribution in [1.29, 1.82) is 0 Å². The van der Waals surface area contributed by atoms with Crippen molar-refractivity contribution in [2.45, 2.75) is 46.3 Å². The zero-order valence-electron chi connectivity index (χ0n) is 21.0. The molecule has 0 radical (unpaired) electrons. The highest BCUT2D eigenvalue weighted by Crippen LogP contribution is 2.38. The third-order valence-corrected chi connectivity index (χ3v) is 6.11. The Morgan fingerprint density at radius 2 is 2.06 bits per heavy atom. The molecule has 2 aliphatic heterocycles. The van der Waals surface area contributed by atoms with Crippen LogP contribution < -0.4 is 9.47 Å². The molecule has 1 aromatic rings. The predicted octanol–water partition coefficient (Wildman–Crippen LogP) is 5.63. The van der Waals surface area contributed by atoms with Crippen LogP contribution in [0.1, 0.15) is 49.5 Å². The lowest BCUT2D eigenvalue weighted by molar-refractivity contribution is -0.0502. The summed E-state index contributed by atoms with van der Waals surface area (Å²) < 4.78 is 42.2. The molecular formula is C27H34F2N2O4. The average Bonchev–Trinajstić information content (AvgIpc) is 2.83. The van der Waals surface area contributed by atoms with Gasteiger partial charge in [0, 0.05) is 29.7 Å². The molecule has 2 aliphatic rings. The van der Waals surface area contributed by atoms with Gasteiger partial charge in [-0.25, -0.2) is 0 Å². The normalized spacial score (nSPS) is 20.4. The van der Waals surface area contributed by atoms with Gasteiger partial charge in [-0.15, -0.1) is 0 Å². The Morgan fingerprint density at radius 1 is 1.31 bits per heavy atom. The van der Waals surface area contributed by atoms with Crippen LogP contribution in [-0.2, 0) is 4.74 Å². The number of ether oxygens (including phenoxy) is 3. The number of halogens is 2. The SMILES string of the molecule is C/C=C(/c1cc(OC)c(C(C)=O)c(OC(F)F)c1)N1C=CC(C2COCCN2C)=C/C1=C\CCC. The fourth-order valence-corrected chi connectivity index (χ4v) is 4.33. The number of alkyl halides is 2. The number of allylic oxidation sites excluding steroid dienone is 3. The van der Waals surface area contributed by atoms with Gasteiger partial charge >= 0.3 is 6.61 Å². The molecule has 0 N–H and O–H groups in total. The average molecular weight is 489 g/mol. The lowest BCUT2D eigenvalue weighted by Crippen LogP contribution is -2.44. The van der Waals surface area contributed by atoms with Gasteiger partial charge in [0.15, 0.2) is 5.78 Å². The minimum atomic E-state index is -3.07. The standard InChI is InChI=1S/C27H34F2N2O4/c1-6-8-9-21-14-19(23-17-34-13-12-30(23)4)10-11-31(21)22(7-2)20-15-24(33-5)26(18(3)32)25(16-20)35-27(28)29/h7,9-11,14-16,23,27H,6,8,12-13,17H2,1-5H3/b21-9+,22-7-. The highest BCUT2D eigenvalue weighted by Gasteiger charge is 2.27. The van der Waals surface area contributed by atoms with Gasteiger partial charge in [0.1, 0.15) is 17.1 Å². The van der Waals surface area contributed by atoms with Crippen LogP contribution >= 0.6 is 0 Å². The van der Waals surface area contributed by atoms with Gasteiger partial charge in [0.2, 0.25) is 0 Å². The molecule has 0 aromatic heterocycles. The van der Waals surface area contributed by atoms with Gasteiger partial charge in [-0.3, -0.25) is 9.69 Å². The van der Waals surface area contributed by atoms with Gasteiger partial charge in [-0.05, 0) is 57.2 Å². The van der Waals surface area contributed by atoms with E-state index in [1.54, 1.807) is 6.07 Å². The van der Waals surface area contributed by atoms with E-state index in [4.69, 9.17) is 14.2 Å². The summed E-state index contributed by atoms with van der Waals surface area (Å²) in [5.41, 5.74) is 3.45. The number of nitrogens with zero attached hydrogens (tertiary/aromatic N) is 2. The summed E-state index contributed by atoms with van der Waals surface area (Å²) in [6.07, 6.45) is 12.1. The van der Waals surface area contributed by atoms with Crippen molar-refractivity contribution in [2.75, 3.05) is 33.9 Å². The number of ketones is 1. The molecule has 0 spiro atoms. The number of Topliss-reactive ketones (excluding diaryl/α,β-unsaturated/α-hetero) is 1. The topological polar surface area (TPSA) is 51.2 Å². The Hall–Kier alpha value is -2.97. The van der Waals surface area contributed by atoms with Crippen LogP contribution in [0.3, 0.4) is 0 Å². The Kier molecular flexibility index (Phi) is 9.23. The first-order valence-corrected chi connectivity index (χ1v) is 11.8. The predicted molar refractivity (Wildman–Crippen MR) is 133 cm³/mol. The maximum absolute atomic E-state index is 13.2. The third kappa shape index (κ3) is 6.18. The highest BCUT2D eigenvalue weighted by atomic mass is 19.3. The smallest absolute Gasteiger partial charge is 0.387 e. The minimum absolute atomic E-state index is 0.00884. The van der Waals surface area contributed by atoms with Crippen LogP contribution in [0.25, 0.3) is 5.70 Å². The Balaban J connectivity index is 2.05. The molecule has 190 valence electrons. The van der Waals surface area contributed by atoms with Crippen LogP contribution in [0.2, 0.25) is 0 Å². The van der Waals surface area contributed by atoms with E-state index in [9.17, 15) is 13.6 Å². The second kappa shape index (κ2) is 12.1. The summed E-state index contributed by atoms with van der Waals surface area (Å²) in [6, 6.07) is 3.30. The van der Waals surface area contributed by atoms with Crippen molar-refractivity contribution >= 4 is 11.5 Å². The summed E-state index contributed by atoms with van der Waals surface area (Å²) in [4.78, 5) is 16.5. The Morgan fingerprint density at radius 3 is 2.66 bits per heavy atom. The van der Waals surface area contributed by atoms with Crippen LogP contribution in [0.5, 0.6) is 11.5 Å². The largest absolute Gasteiger partial charge is 0.496 e. The Labute approximate surface area is 206 Å². The molecule has 1 unspecified atom stereocenters. The summed E-state index contributed by atoms with van der Waals surface area (Å²) in [5, 5.41) is 0. The number of likely N-dealkylation sites (N-methyl/N-ethyl adjacent to an activating group) is 1. The van der Waals surface area contributed by atoms with Gasteiger partial charge in [0.05, 0.1) is 26.4 Å². The van der Waals surface area contributed by atoms with Crippen LogP contribution in [0.4, 0.5) is 8.78 Å². The molecule has 1 aromatic carbocycles. The van der Waals surface area contributed by atoms with Gasteiger partial charge in [0.25, 0.3) is 0 Å². The number of morpholine rings is 1. The first-order valence-electron chi connectivity index (χ1n) is 11.8. The van der Waals surface area contributed by atoms with Crippen molar-refractivity contribution in [1.82, 2.24) is 9.80 Å². The molecule has 1 atom stereocenters. The minimum Gasteiger partial charge on any atom is -0.496 e. The number of rotatable bonds is 9. The van der Waals surface area contributed by atoms with E-state index in [1.165, 1.54) is 20.1 Å². The van der Waals surface area contributed by atoms with Gasteiger partial charge in [-0.2, -0.15) is 8.78 Å². The van der Waals surface area contributed by atoms with Crippen molar-refractivity contribution in [2.24, 2.45) is 0 Å². The molecule has 2 heterocycles. The summed E-state index contributed by atoms with van der Waals surface area (Å²) in [7, 11) is 3.49. The summed E-state index contributed by atoms with van der Waals surface area (Å²) in [5.74, 6) is -0.445. The van der Waals surface area contributed by atoms with Gasteiger partial charge in [-0.1, -0.05) is 25.5 Å². The first kappa shape index (κ1) is 26.6. The van der Waals surface area contributed by atoms with Crippen LogP contribution in [0, 0.1) is 0 Å². The molecule has 0 bridgehead atoms. The van der Waals surface area contributed by atoms with E-state index < -0.39 is 12.4 Å². The maximum atomic E-state index is 13.2. The van der Waals surface area contributed by atoms with E-state index in [2.05, 4.69) is 37.1 Å². The maximum Gasteiger partial charge on any atom is 0.387 e. The van der Waals surface area contributed by atoms with E-state index >= 15 is 0 Å². The fraction of sp³-hybridized carbons (Fsp3) is 0.444. The molecule has 8 heteroatoms. The van der Waals surface area contributed by atoms with E-state index in [1.807, 2.05) is 24.1 Å². The number of carbonyl (C=O) groups excluding carboxylic acids is 1. The van der Waals surface area contributed by atoms with E-state index in [0.29, 0.717) is 12.2 Å². The van der Waals surface area contributed by atoms with Crippen molar-refractivity contribution in [3.8, 4) is 11.5 Å². The molecule has 0 saturated carbocycles. The molecular weight excluding hydrogens is 454 g/mol. The number of carbonyl (C=O) groups is 1. The van der Waals surface area contributed by atoms with Crippen LogP contribution in [0.15, 0.2) is 53.9 Å². The number of unbranched alkanes of at least 4 members (excludes halogenated alkanes) is 1. The molecule has 0 aliphatic carbocycles. The monoisotopic (exact) mass is 488 g/mol. The molecule has 35 heavy (non-hydrogen) atoms. The highest BCUT2D eigenvalue weighted by molar-refractivity contribution is 6.00.